The Morgan fingerprint density at radius 3 is 2.46 bits per heavy atom. The number of carbonyl (C=O) groups is 1. The second-order valence-electron chi connectivity index (χ2n) is 5.86. The number of halogens is 1. The molecular weight excluding hydrogens is 404 g/mol. The first kappa shape index (κ1) is 19.7. The molecule has 0 saturated heterocycles. The molecule has 0 atom stereocenters. The summed E-state index contributed by atoms with van der Waals surface area (Å²) in [5.41, 5.74) is 1.46. The molecule has 0 radical (unpaired) electrons. The van der Waals surface area contributed by atoms with Gasteiger partial charge in [0.05, 0.1) is 18.9 Å². The molecule has 3 N–H and O–H groups in total. The second kappa shape index (κ2) is 7.91. The maximum atomic E-state index is 12.7. The minimum absolute atomic E-state index is 0.117. The van der Waals surface area contributed by atoms with Gasteiger partial charge in [-0.05, 0) is 55.0 Å². The number of methoxy groups -OCH3 is 1. The number of anilines is 2. The lowest BCUT2D eigenvalue weighted by Crippen LogP contribution is -2.19. The van der Waals surface area contributed by atoms with Crippen molar-refractivity contribution < 1.29 is 17.9 Å². The van der Waals surface area contributed by atoms with Crippen molar-refractivity contribution in [2.24, 2.45) is 0 Å². The number of sulfonamides is 1. The van der Waals surface area contributed by atoms with Gasteiger partial charge in [-0.1, -0.05) is 11.6 Å². The lowest BCUT2D eigenvalue weighted by atomic mass is 10.2. The summed E-state index contributed by atoms with van der Waals surface area (Å²) in [6.45, 7) is 1.80. The molecule has 2 aromatic carbocycles. The largest absolute Gasteiger partial charge is 0.497 e. The number of hydrogen-bond acceptors (Lipinski definition) is 5. The number of amides is 1. The molecule has 0 saturated carbocycles. The molecule has 1 amide bonds. The third kappa shape index (κ3) is 4.26. The molecule has 0 bridgehead atoms. The molecule has 0 fully saturated rings. The highest BCUT2D eigenvalue weighted by Crippen LogP contribution is 2.23. The molecule has 0 aliphatic carbocycles. The van der Waals surface area contributed by atoms with Crippen LogP contribution in [-0.2, 0) is 10.0 Å². The van der Waals surface area contributed by atoms with E-state index in [1.807, 2.05) is 0 Å². The van der Waals surface area contributed by atoms with Crippen LogP contribution in [0, 0.1) is 6.92 Å². The van der Waals surface area contributed by atoms with E-state index >= 15 is 0 Å². The van der Waals surface area contributed by atoms with Crippen LogP contribution in [0.3, 0.4) is 0 Å². The van der Waals surface area contributed by atoms with Gasteiger partial charge in [0.25, 0.3) is 15.9 Å². The average molecular weight is 421 g/mol. The first-order valence-corrected chi connectivity index (χ1v) is 9.94. The number of aryl methyl sites for hydroxylation is 1. The smallest absolute Gasteiger partial charge is 0.279 e. The molecule has 3 aromatic rings. The van der Waals surface area contributed by atoms with Gasteiger partial charge in [-0.25, -0.2) is 0 Å². The van der Waals surface area contributed by atoms with Crippen molar-refractivity contribution in [3.63, 3.8) is 0 Å². The average Bonchev–Trinajstić information content (AvgIpc) is 3.16. The zero-order valence-electron chi connectivity index (χ0n) is 15.0. The van der Waals surface area contributed by atoms with E-state index in [1.165, 1.54) is 7.11 Å². The van der Waals surface area contributed by atoms with Gasteiger partial charge in [0.1, 0.15) is 5.75 Å². The van der Waals surface area contributed by atoms with E-state index in [4.69, 9.17) is 16.3 Å². The maximum Gasteiger partial charge on any atom is 0.279 e. The van der Waals surface area contributed by atoms with E-state index in [2.05, 4.69) is 20.2 Å². The topological polar surface area (TPSA) is 113 Å². The van der Waals surface area contributed by atoms with E-state index in [-0.39, 0.29) is 10.6 Å². The summed E-state index contributed by atoms with van der Waals surface area (Å²) in [7, 11) is -2.55. The van der Waals surface area contributed by atoms with E-state index in [9.17, 15) is 13.2 Å². The van der Waals surface area contributed by atoms with Crippen LogP contribution in [0.5, 0.6) is 5.75 Å². The van der Waals surface area contributed by atoms with E-state index < -0.39 is 15.9 Å². The Labute approximate surface area is 166 Å². The molecule has 3 rings (SSSR count). The third-order valence-electron chi connectivity index (χ3n) is 3.88. The predicted molar refractivity (Wildman–Crippen MR) is 107 cm³/mol. The Hall–Kier alpha value is -3.04. The molecule has 0 spiro atoms. The Bertz CT molecular complexity index is 1110. The van der Waals surface area contributed by atoms with E-state index in [0.29, 0.717) is 22.1 Å². The van der Waals surface area contributed by atoms with Gasteiger partial charge in [-0.3, -0.25) is 14.6 Å². The number of aromatic nitrogens is 2. The summed E-state index contributed by atoms with van der Waals surface area (Å²) in [5, 5.41) is 8.93. The number of benzene rings is 2. The Morgan fingerprint density at radius 1 is 1.14 bits per heavy atom. The van der Waals surface area contributed by atoms with Crippen molar-refractivity contribution in [1.29, 1.82) is 0 Å². The van der Waals surface area contributed by atoms with Gasteiger partial charge >= 0.3 is 0 Å². The molecule has 10 heteroatoms. The highest BCUT2D eigenvalue weighted by molar-refractivity contribution is 7.92. The summed E-state index contributed by atoms with van der Waals surface area (Å²) in [5.74, 6) is -0.0339. The number of carbonyl (C=O) groups excluding carboxylic acids is 1. The fourth-order valence-electron chi connectivity index (χ4n) is 2.43. The van der Waals surface area contributed by atoms with Crippen LogP contribution in [0.15, 0.2) is 53.7 Å². The molecule has 1 aromatic heterocycles. The number of aromatic amines is 1. The summed E-state index contributed by atoms with van der Waals surface area (Å²) in [6.07, 6.45) is 1.15. The Kier molecular flexibility index (Phi) is 5.57. The fraction of sp³-hybridized carbons (Fsp3) is 0.111. The number of rotatable bonds is 6. The Balaban J connectivity index is 1.82. The number of ether oxygens (including phenoxy) is 1. The minimum atomic E-state index is -4.06. The van der Waals surface area contributed by atoms with Crippen LogP contribution in [0.2, 0.25) is 5.02 Å². The maximum absolute atomic E-state index is 12.7. The van der Waals surface area contributed by atoms with Gasteiger partial charge in [0.2, 0.25) is 0 Å². The van der Waals surface area contributed by atoms with Gasteiger partial charge in [0, 0.05) is 16.4 Å². The van der Waals surface area contributed by atoms with Crippen molar-refractivity contribution in [2.75, 3.05) is 17.1 Å². The van der Waals surface area contributed by atoms with E-state index in [0.717, 1.165) is 11.8 Å². The van der Waals surface area contributed by atoms with Crippen molar-refractivity contribution >= 4 is 38.9 Å². The molecule has 8 nitrogen and oxygen atoms in total. The second-order valence-corrected chi connectivity index (χ2v) is 7.89. The van der Waals surface area contributed by atoms with Crippen molar-refractivity contribution in [3.05, 3.63) is 64.8 Å². The molecule has 0 aliphatic heterocycles. The normalized spacial score (nSPS) is 11.1. The standard InChI is InChI=1S/C18H17ClN4O4S/c1-11-9-13(5-8-16(11)19)21-17(24)15-10-20-22-18(15)28(25,26)23-12-3-6-14(27-2)7-4-12/h3-10,23H,1-2H3,(H,20,22)(H,21,24). The summed E-state index contributed by atoms with van der Waals surface area (Å²) in [4.78, 5) is 12.6. The summed E-state index contributed by atoms with van der Waals surface area (Å²) >= 11 is 5.97. The molecule has 28 heavy (non-hydrogen) atoms. The quantitative estimate of drug-likeness (QED) is 0.565. The van der Waals surface area contributed by atoms with E-state index in [1.54, 1.807) is 49.4 Å². The van der Waals surface area contributed by atoms with Crippen LogP contribution in [0.25, 0.3) is 0 Å². The molecule has 146 valence electrons. The highest BCUT2D eigenvalue weighted by Gasteiger charge is 2.25. The molecule has 0 aliphatic rings. The first-order valence-electron chi connectivity index (χ1n) is 8.08. The fourth-order valence-corrected chi connectivity index (χ4v) is 3.70. The van der Waals surface area contributed by atoms with Crippen molar-refractivity contribution in [2.45, 2.75) is 11.9 Å². The number of hydrogen-bond donors (Lipinski definition) is 3. The predicted octanol–water partition coefficient (Wildman–Crippen LogP) is 3.43. The third-order valence-corrected chi connectivity index (χ3v) is 5.65. The van der Waals surface area contributed by atoms with Crippen LogP contribution in [-0.4, -0.2) is 31.6 Å². The molecular formula is C18H17ClN4O4S. The number of H-pyrrole nitrogens is 1. The van der Waals surface area contributed by atoms with Crippen molar-refractivity contribution in [3.8, 4) is 5.75 Å². The zero-order valence-corrected chi connectivity index (χ0v) is 16.6. The van der Waals surface area contributed by atoms with Gasteiger partial charge in [-0.2, -0.15) is 13.5 Å². The lowest BCUT2D eigenvalue weighted by molar-refractivity contribution is 0.102. The summed E-state index contributed by atoms with van der Waals surface area (Å²) < 4.78 is 32.8. The van der Waals surface area contributed by atoms with Crippen LogP contribution < -0.4 is 14.8 Å². The molecule has 0 unspecified atom stereocenters. The first-order chi connectivity index (χ1) is 13.3. The highest BCUT2D eigenvalue weighted by atomic mass is 35.5. The Morgan fingerprint density at radius 2 is 1.82 bits per heavy atom. The number of nitrogens with one attached hydrogen (secondary N) is 3. The van der Waals surface area contributed by atoms with Gasteiger partial charge in [0.15, 0.2) is 5.03 Å². The monoisotopic (exact) mass is 420 g/mol. The van der Waals surface area contributed by atoms with Crippen LogP contribution in [0.4, 0.5) is 11.4 Å². The number of nitrogens with zero attached hydrogens (tertiary/aromatic N) is 1. The SMILES string of the molecule is COc1ccc(NS(=O)(=O)c2[nH]ncc2C(=O)Nc2ccc(Cl)c(C)c2)cc1. The van der Waals surface area contributed by atoms with Gasteiger partial charge in [-0.15, -0.1) is 0 Å². The molecule has 1 heterocycles. The van der Waals surface area contributed by atoms with Crippen LogP contribution in [0.1, 0.15) is 15.9 Å². The summed E-state index contributed by atoms with van der Waals surface area (Å²) in [6, 6.07) is 11.3. The van der Waals surface area contributed by atoms with Crippen LogP contribution >= 0.6 is 11.6 Å². The minimum Gasteiger partial charge on any atom is -0.497 e. The van der Waals surface area contributed by atoms with Crippen molar-refractivity contribution in [1.82, 2.24) is 10.2 Å². The lowest BCUT2D eigenvalue weighted by Gasteiger charge is -2.10. The van der Waals surface area contributed by atoms with Gasteiger partial charge < -0.3 is 10.1 Å². The zero-order chi connectivity index (χ0) is 20.3.